The van der Waals surface area contributed by atoms with Gasteiger partial charge in [-0.2, -0.15) is 23.3 Å². The van der Waals surface area contributed by atoms with E-state index in [0.29, 0.717) is 41.5 Å². The third-order valence-corrected chi connectivity index (χ3v) is 9.09. The van der Waals surface area contributed by atoms with Crippen LogP contribution in [0, 0.1) is 5.82 Å². The summed E-state index contributed by atoms with van der Waals surface area (Å²) in [5.41, 5.74) is 3.28. The van der Waals surface area contributed by atoms with Crippen LogP contribution in [0.1, 0.15) is 34.2 Å². The SMILES string of the molecule is CN(C)CCCN(Cc1ccc(-c2ccc(C(F)(F)F)cc2)cc1)C(=O)Cn1cc(Cc2cnn(C)c2)c(=O)nc1SCc1ccc(F)cc1.Cl. The van der Waals surface area contributed by atoms with Gasteiger partial charge in [0, 0.05) is 50.3 Å². The van der Waals surface area contributed by atoms with Gasteiger partial charge < -0.3 is 14.4 Å². The van der Waals surface area contributed by atoms with Crippen molar-refractivity contribution in [3.05, 3.63) is 135 Å². The van der Waals surface area contributed by atoms with Gasteiger partial charge in [-0.15, -0.1) is 12.4 Å². The largest absolute Gasteiger partial charge is 0.416 e. The number of rotatable bonds is 14. The van der Waals surface area contributed by atoms with Crippen molar-refractivity contribution in [2.24, 2.45) is 7.05 Å². The Morgan fingerprint density at radius 1 is 0.863 bits per heavy atom. The van der Waals surface area contributed by atoms with Gasteiger partial charge in [0.25, 0.3) is 5.56 Å². The molecule has 2 heterocycles. The van der Waals surface area contributed by atoms with Crippen LogP contribution in [-0.4, -0.2) is 62.2 Å². The summed E-state index contributed by atoms with van der Waals surface area (Å²) in [5.74, 6) is -0.0968. The van der Waals surface area contributed by atoms with Crippen LogP contribution in [0.5, 0.6) is 0 Å². The Bertz CT molecular complexity index is 1950. The van der Waals surface area contributed by atoms with Crippen molar-refractivity contribution in [1.82, 2.24) is 29.1 Å². The van der Waals surface area contributed by atoms with E-state index in [9.17, 15) is 27.2 Å². The van der Waals surface area contributed by atoms with Crippen molar-refractivity contribution in [1.29, 1.82) is 0 Å². The molecule has 0 saturated carbocycles. The molecular weight excluding hydrogens is 704 g/mol. The molecule has 1 amide bonds. The van der Waals surface area contributed by atoms with Gasteiger partial charge in [-0.3, -0.25) is 14.3 Å². The number of benzene rings is 3. The molecule has 8 nitrogen and oxygen atoms in total. The standard InChI is InChI=1S/C37H38F4N6O2S.ClH/c1-44(2)17-4-18-46(22-26-5-9-29(10-6-26)30-11-13-32(14-12-30)37(39,40)41)34(48)24-47-23-31(19-28-20-42-45(3)21-28)35(49)43-36(47)50-25-27-7-15-33(38)16-8-27;/h5-16,20-21,23H,4,17-19,22,24-25H2,1-3H3;1H. The fourth-order valence-corrected chi connectivity index (χ4v) is 6.29. The molecule has 3 aromatic carbocycles. The molecule has 0 bridgehead atoms. The van der Waals surface area contributed by atoms with Crippen molar-refractivity contribution in [3.8, 4) is 11.1 Å². The van der Waals surface area contributed by atoms with E-state index in [1.165, 1.54) is 36.0 Å². The fraction of sp³-hybridized carbons (Fsp3) is 0.297. The second kappa shape index (κ2) is 17.7. The third-order valence-electron chi connectivity index (χ3n) is 8.03. The Hall–Kier alpha value is -4.46. The monoisotopic (exact) mass is 742 g/mol. The van der Waals surface area contributed by atoms with E-state index in [0.717, 1.165) is 47.4 Å². The molecule has 51 heavy (non-hydrogen) atoms. The van der Waals surface area contributed by atoms with Crippen LogP contribution in [0.25, 0.3) is 11.1 Å². The number of halogens is 5. The van der Waals surface area contributed by atoms with Crippen LogP contribution in [0.3, 0.4) is 0 Å². The molecule has 0 fully saturated rings. The number of carbonyl (C=O) groups is 1. The van der Waals surface area contributed by atoms with E-state index in [1.54, 1.807) is 45.7 Å². The predicted molar refractivity (Wildman–Crippen MR) is 193 cm³/mol. The van der Waals surface area contributed by atoms with Crippen LogP contribution >= 0.6 is 24.2 Å². The van der Waals surface area contributed by atoms with Crippen molar-refractivity contribution in [2.45, 2.75) is 43.0 Å². The fourth-order valence-electron chi connectivity index (χ4n) is 5.37. The van der Waals surface area contributed by atoms with Gasteiger partial charge in [0.1, 0.15) is 12.4 Å². The van der Waals surface area contributed by atoms with Crippen LogP contribution in [0.4, 0.5) is 17.6 Å². The Morgan fingerprint density at radius 3 is 2.08 bits per heavy atom. The Morgan fingerprint density at radius 2 is 1.49 bits per heavy atom. The maximum atomic E-state index is 14.0. The smallest absolute Gasteiger partial charge is 0.337 e. The number of aromatic nitrogens is 4. The first kappa shape index (κ1) is 39.3. The Kier molecular flexibility index (Phi) is 13.6. The van der Waals surface area contributed by atoms with Gasteiger partial charge in [-0.25, -0.2) is 4.39 Å². The lowest BCUT2D eigenvalue weighted by atomic mass is 10.0. The number of alkyl halides is 3. The number of carbonyl (C=O) groups excluding carboxylic acids is 1. The van der Waals surface area contributed by atoms with Gasteiger partial charge in [0.15, 0.2) is 5.16 Å². The molecule has 0 unspecified atom stereocenters. The van der Waals surface area contributed by atoms with Crippen LogP contribution in [0.2, 0.25) is 0 Å². The van der Waals surface area contributed by atoms with Crippen molar-refractivity contribution in [2.75, 3.05) is 27.2 Å². The molecule has 2 aromatic heterocycles. The number of amides is 1. The molecule has 0 aliphatic heterocycles. The highest BCUT2D eigenvalue weighted by molar-refractivity contribution is 7.98. The van der Waals surface area contributed by atoms with Crippen molar-refractivity contribution >= 4 is 30.1 Å². The molecule has 0 saturated heterocycles. The van der Waals surface area contributed by atoms with Crippen LogP contribution in [-0.2, 0) is 43.3 Å². The van der Waals surface area contributed by atoms with E-state index < -0.39 is 17.3 Å². The summed E-state index contributed by atoms with van der Waals surface area (Å²) in [4.78, 5) is 35.4. The predicted octanol–water partition coefficient (Wildman–Crippen LogP) is 7.09. The molecule has 270 valence electrons. The highest BCUT2D eigenvalue weighted by atomic mass is 35.5. The average Bonchev–Trinajstić information content (AvgIpc) is 3.49. The average molecular weight is 743 g/mol. The van der Waals surface area contributed by atoms with Gasteiger partial charge in [0.05, 0.1) is 11.8 Å². The molecule has 0 aliphatic rings. The zero-order chi connectivity index (χ0) is 35.8. The molecular formula is C37H39ClF4N6O2S. The summed E-state index contributed by atoms with van der Waals surface area (Å²) in [7, 11) is 5.72. The second-order valence-electron chi connectivity index (χ2n) is 12.3. The zero-order valence-electron chi connectivity index (χ0n) is 28.4. The van der Waals surface area contributed by atoms with E-state index in [4.69, 9.17) is 0 Å². The lowest BCUT2D eigenvalue weighted by molar-refractivity contribution is -0.137. The Labute approximate surface area is 304 Å². The Balaban J connectivity index is 0.00000583. The van der Waals surface area contributed by atoms with Gasteiger partial charge in [-0.1, -0.05) is 60.3 Å². The first-order valence-electron chi connectivity index (χ1n) is 16.0. The van der Waals surface area contributed by atoms with Gasteiger partial charge in [-0.05, 0) is 79.1 Å². The first-order chi connectivity index (χ1) is 23.8. The number of nitrogens with zero attached hydrogens (tertiary/aromatic N) is 6. The summed E-state index contributed by atoms with van der Waals surface area (Å²) in [5, 5.41) is 4.56. The highest BCUT2D eigenvalue weighted by Crippen LogP contribution is 2.31. The highest BCUT2D eigenvalue weighted by Gasteiger charge is 2.30. The quantitative estimate of drug-likeness (QED) is 0.0688. The normalized spacial score (nSPS) is 11.5. The van der Waals surface area contributed by atoms with E-state index in [2.05, 4.69) is 10.1 Å². The van der Waals surface area contributed by atoms with E-state index >= 15 is 0 Å². The zero-order valence-corrected chi connectivity index (χ0v) is 30.1. The molecule has 5 rings (SSSR count). The number of hydrogen-bond donors (Lipinski definition) is 0. The van der Waals surface area contributed by atoms with Crippen molar-refractivity contribution in [3.63, 3.8) is 0 Å². The number of aryl methyl sites for hydroxylation is 1. The van der Waals surface area contributed by atoms with Gasteiger partial charge in [0.2, 0.25) is 5.91 Å². The van der Waals surface area contributed by atoms with Gasteiger partial charge >= 0.3 is 6.18 Å². The minimum Gasteiger partial charge on any atom is -0.337 e. The topological polar surface area (TPSA) is 76.3 Å². The lowest BCUT2D eigenvalue weighted by Crippen LogP contribution is -2.36. The van der Waals surface area contributed by atoms with Crippen molar-refractivity contribution < 1.29 is 22.4 Å². The summed E-state index contributed by atoms with van der Waals surface area (Å²) in [6.45, 7) is 1.49. The lowest BCUT2D eigenvalue weighted by Gasteiger charge is -2.25. The molecule has 14 heteroatoms. The molecule has 5 aromatic rings. The summed E-state index contributed by atoms with van der Waals surface area (Å²) in [6.07, 6.45) is 1.81. The maximum Gasteiger partial charge on any atom is 0.416 e. The summed E-state index contributed by atoms with van der Waals surface area (Å²) < 4.78 is 56.0. The number of thioether (sulfide) groups is 1. The molecule has 0 aliphatic carbocycles. The molecule has 0 radical (unpaired) electrons. The van der Waals surface area contributed by atoms with E-state index in [-0.39, 0.29) is 30.7 Å². The molecule has 0 atom stereocenters. The van der Waals surface area contributed by atoms with Crippen LogP contribution in [0.15, 0.2) is 101 Å². The minimum absolute atomic E-state index is 0. The van der Waals surface area contributed by atoms with Crippen LogP contribution < -0.4 is 5.56 Å². The minimum atomic E-state index is -4.40. The third kappa shape index (κ3) is 11.3. The first-order valence-corrected chi connectivity index (χ1v) is 17.0. The van der Waals surface area contributed by atoms with E-state index in [1.807, 2.05) is 49.5 Å². The summed E-state index contributed by atoms with van der Waals surface area (Å²) >= 11 is 1.29. The molecule has 0 N–H and O–H groups in total. The maximum absolute atomic E-state index is 14.0. The second-order valence-corrected chi connectivity index (χ2v) is 13.3. The molecule has 0 spiro atoms. The summed E-state index contributed by atoms with van der Waals surface area (Å²) in [6, 6.07) is 18.5. The number of hydrogen-bond acceptors (Lipinski definition) is 6.